The van der Waals surface area contributed by atoms with Gasteiger partial charge < -0.3 is 20.7 Å². The van der Waals surface area contributed by atoms with Gasteiger partial charge in [-0.05, 0) is 13.0 Å². The summed E-state index contributed by atoms with van der Waals surface area (Å²) in [6.45, 7) is 1.71. The van der Waals surface area contributed by atoms with E-state index >= 15 is 0 Å². The van der Waals surface area contributed by atoms with Crippen LogP contribution >= 0.6 is 0 Å². The minimum atomic E-state index is -0.350. The van der Waals surface area contributed by atoms with E-state index in [2.05, 4.69) is 5.32 Å². The summed E-state index contributed by atoms with van der Waals surface area (Å²) in [5.74, 6) is 0.188. The Hall–Kier alpha value is -2.08. The number of benzene rings is 1. The first-order valence-electron chi connectivity index (χ1n) is 6.36. The SMILES string of the molecule is COc1ccccc1C(C)N(C)C(=O)CNC(=O)CN. The van der Waals surface area contributed by atoms with Crippen molar-refractivity contribution in [1.82, 2.24) is 10.2 Å². The number of hydrogen-bond acceptors (Lipinski definition) is 4. The molecule has 0 aliphatic rings. The van der Waals surface area contributed by atoms with Gasteiger partial charge in [-0.15, -0.1) is 0 Å². The summed E-state index contributed by atoms with van der Waals surface area (Å²) in [4.78, 5) is 24.6. The second-order valence-corrected chi connectivity index (χ2v) is 4.40. The molecule has 0 saturated carbocycles. The summed E-state index contributed by atoms with van der Waals surface area (Å²) in [6, 6.07) is 7.36. The summed E-state index contributed by atoms with van der Waals surface area (Å²) in [7, 11) is 3.28. The Bertz CT molecular complexity index is 476. The topological polar surface area (TPSA) is 84.7 Å². The number of ether oxygens (including phenoxy) is 1. The van der Waals surface area contributed by atoms with Gasteiger partial charge in [-0.1, -0.05) is 18.2 Å². The molecule has 1 aromatic carbocycles. The molecule has 0 aliphatic heterocycles. The van der Waals surface area contributed by atoms with Gasteiger partial charge >= 0.3 is 0 Å². The second kappa shape index (κ2) is 7.49. The Labute approximate surface area is 118 Å². The lowest BCUT2D eigenvalue weighted by molar-refractivity contribution is -0.133. The Balaban J connectivity index is 2.73. The summed E-state index contributed by atoms with van der Waals surface area (Å²) in [6.07, 6.45) is 0. The molecule has 1 atom stereocenters. The fourth-order valence-corrected chi connectivity index (χ4v) is 1.81. The Morgan fingerprint density at radius 1 is 1.40 bits per heavy atom. The molecule has 20 heavy (non-hydrogen) atoms. The zero-order valence-corrected chi connectivity index (χ0v) is 12.1. The van der Waals surface area contributed by atoms with E-state index in [1.807, 2.05) is 31.2 Å². The van der Waals surface area contributed by atoms with Crippen LogP contribution in [0.5, 0.6) is 5.75 Å². The Kier molecular flexibility index (Phi) is 5.99. The molecule has 0 bridgehead atoms. The summed E-state index contributed by atoms with van der Waals surface area (Å²) < 4.78 is 5.29. The highest BCUT2D eigenvalue weighted by Crippen LogP contribution is 2.27. The van der Waals surface area contributed by atoms with E-state index < -0.39 is 0 Å². The van der Waals surface area contributed by atoms with Gasteiger partial charge in [-0.2, -0.15) is 0 Å². The number of likely N-dealkylation sites (N-methyl/N-ethyl adjacent to an activating group) is 1. The molecular formula is C14H21N3O3. The number of para-hydroxylation sites is 1. The molecule has 2 amide bonds. The molecular weight excluding hydrogens is 258 g/mol. The maximum atomic E-state index is 12.0. The predicted octanol–water partition coefficient (Wildman–Crippen LogP) is 0.290. The third-order valence-electron chi connectivity index (χ3n) is 3.19. The zero-order chi connectivity index (χ0) is 15.1. The highest BCUT2D eigenvalue weighted by Gasteiger charge is 2.20. The van der Waals surface area contributed by atoms with Gasteiger partial charge in [0.15, 0.2) is 0 Å². The van der Waals surface area contributed by atoms with Gasteiger partial charge in [-0.3, -0.25) is 9.59 Å². The molecule has 6 nitrogen and oxygen atoms in total. The van der Waals surface area contributed by atoms with Crippen molar-refractivity contribution in [1.29, 1.82) is 0 Å². The van der Waals surface area contributed by atoms with Crippen LogP contribution in [-0.4, -0.2) is 44.0 Å². The van der Waals surface area contributed by atoms with Gasteiger partial charge in [0.05, 0.1) is 26.2 Å². The van der Waals surface area contributed by atoms with E-state index in [4.69, 9.17) is 10.5 Å². The molecule has 0 aromatic heterocycles. The number of methoxy groups -OCH3 is 1. The Morgan fingerprint density at radius 2 is 2.05 bits per heavy atom. The Morgan fingerprint density at radius 3 is 2.65 bits per heavy atom. The van der Waals surface area contributed by atoms with Crippen molar-refractivity contribution in [3.63, 3.8) is 0 Å². The van der Waals surface area contributed by atoms with Crippen LogP contribution in [0.15, 0.2) is 24.3 Å². The van der Waals surface area contributed by atoms with E-state index in [9.17, 15) is 9.59 Å². The fraction of sp³-hybridized carbons (Fsp3) is 0.429. The van der Waals surface area contributed by atoms with Crippen LogP contribution in [-0.2, 0) is 9.59 Å². The highest BCUT2D eigenvalue weighted by atomic mass is 16.5. The van der Waals surface area contributed by atoms with Crippen molar-refractivity contribution < 1.29 is 14.3 Å². The molecule has 0 saturated heterocycles. The quantitative estimate of drug-likeness (QED) is 0.784. The number of nitrogens with zero attached hydrogens (tertiary/aromatic N) is 1. The largest absolute Gasteiger partial charge is 0.496 e. The van der Waals surface area contributed by atoms with Crippen LogP contribution in [0.1, 0.15) is 18.5 Å². The number of amides is 2. The minimum Gasteiger partial charge on any atom is -0.496 e. The van der Waals surface area contributed by atoms with E-state index in [0.717, 1.165) is 11.3 Å². The molecule has 0 fully saturated rings. The lowest BCUT2D eigenvalue weighted by Crippen LogP contribution is -2.41. The van der Waals surface area contributed by atoms with Gasteiger partial charge in [0.25, 0.3) is 0 Å². The monoisotopic (exact) mass is 279 g/mol. The normalized spacial score (nSPS) is 11.6. The molecule has 6 heteroatoms. The molecule has 0 heterocycles. The lowest BCUT2D eigenvalue weighted by atomic mass is 10.1. The summed E-state index contributed by atoms with van der Waals surface area (Å²) >= 11 is 0. The molecule has 1 unspecified atom stereocenters. The number of hydrogen-bond donors (Lipinski definition) is 2. The first-order valence-corrected chi connectivity index (χ1v) is 6.36. The minimum absolute atomic E-state index is 0.0635. The fourth-order valence-electron chi connectivity index (χ4n) is 1.81. The summed E-state index contributed by atoms with van der Waals surface area (Å²) in [5.41, 5.74) is 6.08. The third-order valence-corrected chi connectivity index (χ3v) is 3.19. The number of rotatable bonds is 6. The zero-order valence-electron chi connectivity index (χ0n) is 12.1. The van der Waals surface area contributed by atoms with Crippen LogP contribution in [0, 0.1) is 0 Å². The van der Waals surface area contributed by atoms with E-state index in [-0.39, 0.29) is 30.9 Å². The van der Waals surface area contributed by atoms with Crippen molar-refractivity contribution >= 4 is 11.8 Å². The van der Waals surface area contributed by atoms with Gasteiger partial charge in [0.2, 0.25) is 11.8 Å². The maximum absolute atomic E-state index is 12.0. The van der Waals surface area contributed by atoms with Crippen molar-refractivity contribution in [2.24, 2.45) is 5.73 Å². The van der Waals surface area contributed by atoms with Gasteiger partial charge in [0.1, 0.15) is 5.75 Å². The molecule has 0 radical (unpaired) electrons. The average Bonchev–Trinajstić information content (AvgIpc) is 2.50. The first kappa shape index (κ1) is 16.0. The molecule has 0 spiro atoms. The van der Waals surface area contributed by atoms with Crippen LogP contribution < -0.4 is 15.8 Å². The van der Waals surface area contributed by atoms with Crippen molar-refractivity contribution in [2.45, 2.75) is 13.0 Å². The summed E-state index contributed by atoms with van der Waals surface area (Å²) in [5, 5.41) is 2.46. The van der Waals surface area contributed by atoms with Crippen molar-refractivity contribution in [2.75, 3.05) is 27.2 Å². The van der Waals surface area contributed by atoms with E-state index in [1.54, 1.807) is 19.1 Å². The molecule has 1 aromatic rings. The van der Waals surface area contributed by atoms with Crippen LogP contribution in [0.25, 0.3) is 0 Å². The maximum Gasteiger partial charge on any atom is 0.242 e. The number of nitrogens with two attached hydrogens (primary N) is 1. The number of carbonyl (C=O) groups is 2. The smallest absolute Gasteiger partial charge is 0.242 e. The molecule has 110 valence electrons. The lowest BCUT2D eigenvalue weighted by Gasteiger charge is -2.26. The van der Waals surface area contributed by atoms with E-state index in [0.29, 0.717) is 0 Å². The van der Waals surface area contributed by atoms with Crippen LogP contribution in [0.2, 0.25) is 0 Å². The van der Waals surface area contributed by atoms with Crippen molar-refractivity contribution in [3.05, 3.63) is 29.8 Å². The number of nitrogens with one attached hydrogen (secondary N) is 1. The standard InChI is InChI=1S/C14H21N3O3/c1-10(11-6-4-5-7-12(11)20-3)17(2)14(19)9-16-13(18)8-15/h4-7,10H,8-9,15H2,1-3H3,(H,16,18). The van der Waals surface area contributed by atoms with Crippen LogP contribution in [0.4, 0.5) is 0 Å². The van der Waals surface area contributed by atoms with Gasteiger partial charge in [-0.25, -0.2) is 0 Å². The highest BCUT2D eigenvalue weighted by molar-refractivity contribution is 5.85. The van der Waals surface area contributed by atoms with Gasteiger partial charge in [0, 0.05) is 12.6 Å². The van der Waals surface area contributed by atoms with Crippen LogP contribution in [0.3, 0.4) is 0 Å². The molecule has 0 aliphatic carbocycles. The first-order chi connectivity index (χ1) is 9.51. The number of carbonyl (C=O) groups excluding carboxylic acids is 2. The van der Waals surface area contributed by atoms with E-state index in [1.165, 1.54) is 0 Å². The molecule has 3 N–H and O–H groups in total. The van der Waals surface area contributed by atoms with Crippen molar-refractivity contribution in [3.8, 4) is 5.75 Å². The molecule has 1 rings (SSSR count). The predicted molar refractivity (Wildman–Crippen MR) is 76.2 cm³/mol. The average molecular weight is 279 g/mol. The third kappa shape index (κ3) is 3.96. The second-order valence-electron chi connectivity index (χ2n) is 4.40.